The third kappa shape index (κ3) is 1.63. The number of rotatable bonds is 4. The van der Waals surface area contributed by atoms with Gasteiger partial charge >= 0.3 is 0 Å². The van der Waals surface area contributed by atoms with Gasteiger partial charge in [0.25, 0.3) is 0 Å². The zero-order chi connectivity index (χ0) is 8.32. The Balaban J connectivity index is 2.51. The highest BCUT2D eigenvalue weighted by molar-refractivity contribution is 9.09. The fraction of sp³-hybridized carbons (Fsp3) is 1.00. The number of hydrogen-bond acceptors (Lipinski definition) is 0. The maximum absolute atomic E-state index is 3.67. The maximum atomic E-state index is 3.67. The van der Waals surface area contributed by atoms with E-state index in [1.807, 2.05) is 0 Å². The zero-order valence-corrected chi connectivity index (χ0v) is 9.28. The number of hydrogen-bond donors (Lipinski definition) is 0. The fourth-order valence-corrected chi connectivity index (χ4v) is 3.46. The molecule has 0 saturated heterocycles. The molecule has 0 aliphatic heterocycles. The lowest BCUT2D eigenvalue weighted by molar-refractivity contribution is 0.0730. The third-order valence-electron chi connectivity index (χ3n) is 3.47. The van der Waals surface area contributed by atoms with Crippen molar-refractivity contribution in [3.05, 3.63) is 0 Å². The van der Waals surface area contributed by atoms with Crippen LogP contribution in [0.3, 0.4) is 0 Å². The quantitative estimate of drug-likeness (QED) is 0.627. The lowest BCUT2D eigenvalue weighted by Crippen LogP contribution is -2.38. The van der Waals surface area contributed by atoms with Gasteiger partial charge in [-0.05, 0) is 24.2 Å². The molecule has 0 spiro atoms. The second kappa shape index (κ2) is 3.93. The molecule has 0 aromatic carbocycles. The summed E-state index contributed by atoms with van der Waals surface area (Å²) in [7, 11) is 0. The van der Waals surface area contributed by atoms with Crippen molar-refractivity contribution < 1.29 is 0 Å². The molecule has 1 fully saturated rings. The molecule has 0 unspecified atom stereocenters. The fourth-order valence-electron chi connectivity index (χ4n) is 2.44. The Hall–Kier alpha value is 0.480. The molecule has 0 aromatic heterocycles. The van der Waals surface area contributed by atoms with E-state index < -0.39 is 0 Å². The molecule has 1 aliphatic rings. The van der Waals surface area contributed by atoms with Gasteiger partial charge in [-0.2, -0.15) is 0 Å². The highest BCUT2D eigenvalue weighted by Crippen LogP contribution is 2.50. The predicted octanol–water partition coefficient (Wildman–Crippen LogP) is 3.99. The van der Waals surface area contributed by atoms with Crippen molar-refractivity contribution in [2.75, 3.05) is 5.33 Å². The maximum Gasteiger partial charge on any atom is 0.00906 e. The highest BCUT2D eigenvalue weighted by atomic mass is 79.9. The third-order valence-corrected chi connectivity index (χ3v) is 4.58. The molecule has 0 heterocycles. The van der Waals surface area contributed by atoms with Gasteiger partial charge in [0.2, 0.25) is 0 Å². The molecule has 0 N–H and O–H groups in total. The van der Waals surface area contributed by atoms with E-state index >= 15 is 0 Å². The summed E-state index contributed by atoms with van der Waals surface area (Å²) in [6.07, 6.45) is 7.11. The molecule has 11 heavy (non-hydrogen) atoms. The summed E-state index contributed by atoms with van der Waals surface area (Å²) < 4.78 is 0. The largest absolute Gasteiger partial charge is 0.0922 e. The molecule has 0 radical (unpaired) electrons. The van der Waals surface area contributed by atoms with Crippen LogP contribution >= 0.6 is 15.9 Å². The highest BCUT2D eigenvalue weighted by Gasteiger charge is 2.40. The van der Waals surface area contributed by atoms with Crippen LogP contribution in [0.4, 0.5) is 0 Å². The van der Waals surface area contributed by atoms with E-state index in [-0.39, 0.29) is 0 Å². The average molecular weight is 219 g/mol. The minimum atomic E-state index is 0.698. The predicted molar refractivity (Wildman–Crippen MR) is 54.2 cm³/mol. The van der Waals surface area contributed by atoms with E-state index in [9.17, 15) is 0 Å². The number of halogens is 1. The summed E-state index contributed by atoms with van der Waals surface area (Å²) >= 11 is 3.67. The van der Waals surface area contributed by atoms with Crippen LogP contribution in [-0.2, 0) is 0 Å². The van der Waals surface area contributed by atoms with E-state index in [1.54, 1.807) is 0 Å². The van der Waals surface area contributed by atoms with Gasteiger partial charge in [0.15, 0.2) is 0 Å². The van der Waals surface area contributed by atoms with Gasteiger partial charge in [-0.3, -0.25) is 0 Å². The summed E-state index contributed by atoms with van der Waals surface area (Å²) in [6.45, 7) is 4.66. The van der Waals surface area contributed by atoms with Crippen LogP contribution in [0, 0.1) is 11.3 Å². The molecule has 0 nitrogen and oxygen atoms in total. The van der Waals surface area contributed by atoms with Crippen LogP contribution in [0.5, 0.6) is 0 Å². The first-order chi connectivity index (χ1) is 5.29. The molecule has 0 atom stereocenters. The van der Waals surface area contributed by atoms with Crippen molar-refractivity contribution in [2.24, 2.45) is 11.3 Å². The molecule has 0 amide bonds. The van der Waals surface area contributed by atoms with E-state index in [1.165, 1.54) is 37.4 Å². The van der Waals surface area contributed by atoms with Gasteiger partial charge in [-0.1, -0.05) is 49.0 Å². The van der Waals surface area contributed by atoms with Crippen LogP contribution in [0.2, 0.25) is 0 Å². The monoisotopic (exact) mass is 218 g/mol. The van der Waals surface area contributed by atoms with Crippen LogP contribution in [0.15, 0.2) is 0 Å². The molecule has 0 aromatic rings. The molecule has 1 aliphatic carbocycles. The van der Waals surface area contributed by atoms with Crippen molar-refractivity contribution in [3.8, 4) is 0 Å². The Morgan fingerprint density at radius 1 is 1.27 bits per heavy atom. The van der Waals surface area contributed by atoms with Crippen molar-refractivity contribution >= 4 is 15.9 Å². The lowest BCUT2D eigenvalue weighted by atomic mass is 9.61. The van der Waals surface area contributed by atoms with E-state index in [0.29, 0.717) is 5.41 Å². The van der Waals surface area contributed by atoms with Crippen LogP contribution < -0.4 is 0 Å². The lowest BCUT2D eigenvalue weighted by Gasteiger charge is -2.46. The first-order valence-electron chi connectivity index (χ1n) is 4.85. The van der Waals surface area contributed by atoms with Crippen LogP contribution in [0.1, 0.15) is 46.0 Å². The first-order valence-corrected chi connectivity index (χ1v) is 5.97. The average Bonchev–Trinajstić information content (AvgIpc) is 1.96. The minimum Gasteiger partial charge on any atom is -0.0922 e. The molecule has 1 saturated carbocycles. The zero-order valence-electron chi connectivity index (χ0n) is 7.70. The SMILES string of the molecule is CCC(CC)C1(CBr)CCC1. The summed E-state index contributed by atoms with van der Waals surface area (Å²) in [6, 6.07) is 0. The molecule has 1 heteroatoms. The van der Waals surface area contributed by atoms with Crippen molar-refractivity contribution in [2.45, 2.75) is 46.0 Å². The Labute approximate surface area is 78.9 Å². The smallest absolute Gasteiger partial charge is 0.00906 e. The Morgan fingerprint density at radius 3 is 1.91 bits per heavy atom. The summed E-state index contributed by atoms with van der Waals surface area (Å²) in [5.41, 5.74) is 0.698. The Morgan fingerprint density at radius 2 is 1.82 bits per heavy atom. The van der Waals surface area contributed by atoms with E-state index in [2.05, 4.69) is 29.8 Å². The summed E-state index contributed by atoms with van der Waals surface area (Å²) in [5, 5.41) is 1.23. The molecule has 0 bridgehead atoms. The Kier molecular flexibility index (Phi) is 3.42. The Bertz CT molecular complexity index is 107. The number of alkyl halides is 1. The van der Waals surface area contributed by atoms with E-state index in [0.717, 1.165) is 5.92 Å². The van der Waals surface area contributed by atoms with Crippen molar-refractivity contribution in [1.29, 1.82) is 0 Å². The van der Waals surface area contributed by atoms with Gasteiger partial charge < -0.3 is 0 Å². The summed E-state index contributed by atoms with van der Waals surface area (Å²) in [4.78, 5) is 0. The molecule has 66 valence electrons. The second-order valence-electron chi connectivity index (χ2n) is 3.86. The van der Waals surface area contributed by atoms with Gasteiger partial charge in [0.05, 0.1) is 0 Å². The van der Waals surface area contributed by atoms with E-state index in [4.69, 9.17) is 0 Å². The topological polar surface area (TPSA) is 0 Å². The normalized spacial score (nSPS) is 21.8. The van der Waals surface area contributed by atoms with Crippen molar-refractivity contribution in [3.63, 3.8) is 0 Å². The van der Waals surface area contributed by atoms with Gasteiger partial charge in [-0.15, -0.1) is 0 Å². The van der Waals surface area contributed by atoms with Gasteiger partial charge in [-0.25, -0.2) is 0 Å². The van der Waals surface area contributed by atoms with Gasteiger partial charge in [0.1, 0.15) is 0 Å². The second-order valence-corrected chi connectivity index (χ2v) is 4.42. The minimum absolute atomic E-state index is 0.698. The summed E-state index contributed by atoms with van der Waals surface area (Å²) in [5.74, 6) is 0.968. The molecule has 1 rings (SSSR count). The standard InChI is InChI=1S/C10H19Br/c1-3-9(4-2)10(8-11)6-5-7-10/h9H,3-8H2,1-2H3. The first kappa shape index (κ1) is 9.57. The van der Waals surface area contributed by atoms with Gasteiger partial charge in [0, 0.05) is 5.33 Å². The van der Waals surface area contributed by atoms with Crippen LogP contribution in [-0.4, -0.2) is 5.33 Å². The molecular formula is C10H19Br. The van der Waals surface area contributed by atoms with Crippen LogP contribution in [0.25, 0.3) is 0 Å². The molecular weight excluding hydrogens is 200 g/mol. The van der Waals surface area contributed by atoms with Crippen molar-refractivity contribution in [1.82, 2.24) is 0 Å².